The highest BCUT2D eigenvalue weighted by Crippen LogP contribution is 2.26. The zero-order chi connectivity index (χ0) is 19.3. The fourth-order valence-corrected chi connectivity index (χ4v) is 2.79. The second-order valence-electron chi connectivity index (χ2n) is 6.43. The summed E-state index contributed by atoms with van der Waals surface area (Å²) >= 11 is 0. The van der Waals surface area contributed by atoms with Gasteiger partial charge in [-0.3, -0.25) is 25.2 Å². The molecular formula is C19H24N2O5. The van der Waals surface area contributed by atoms with Crippen LogP contribution in [0.25, 0.3) is 0 Å². The van der Waals surface area contributed by atoms with Crippen LogP contribution in [0.15, 0.2) is 30.4 Å². The third kappa shape index (κ3) is 4.62. The fraction of sp³-hybridized carbons (Fsp3) is 0.421. The molecule has 3 atom stereocenters. The van der Waals surface area contributed by atoms with Crippen molar-refractivity contribution in [1.82, 2.24) is 10.9 Å². The number of carboxylic acid groups (broad SMARTS) is 1. The molecule has 1 aromatic carbocycles. The van der Waals surface area contributed by atoms with Crippen LogP contribution in [0.4, 0.5) is 0 Å². The molecule has 140 valence electrons. The zero-order valence-electron chi connectivity index (χ0n) is 15.1. The van der Waals surface area contributed by atoms with Crippen LogP contribution in [0, 0.1) is 25.7 Å². The quantitative estimate of drug-likeness (QED) is 0.549. The molecule has 1 aromatic rings. The number of hydrogen-bond donors (Lipinski definition) is 3. The van der Waals surface area contributed by atoms with E-state index in [1.165, 1.54) is 0 Å². The fourth-order valence-electron chi connectivity index (χ4n) is 2.79. The van der Waals surface area contributed by atoms with E-state index in [0.717, 1.165) is 11.1 Å². The normalized spacial score (nSPS) is 20.1. The molecule has 26 heavy (non-hydrogen) atoms. The molecule has 0 aromatic heterocycles. The van der Waals surface area contributed by atoms with Gasteiger partial charge in [0.2, 0.25) is 5.91 Å². The Labute approximate surface area is 152 Å². The molecule has 0 radical (unpaired) electrons. The first kappa shape index (κ1) is 19.5. The van der Waals surface area contributed by atoms with Gasteiger partial charge in [0.1, 0.15) is 5.75 Å². The summed E-state index contributed by atoms with van der Waals surface area (Å²) in [4.78, 5) is 35.7. The van der Waals surface area contributed by atoms with Gasteiger partial charge in [-0.2, -0.15) is 0 Å². The van der Waals surface area contributed by atoms with Crippen LogP contribution < -0.4 is 15.6 Å². The molecule has 1 aliphatic carbocycles. The molecule has 3 N–H and O–H groups in total. The molecule has 0 heterocycles. The van der Waals surface area contributed by atoms with Crippen LogP contribution >= 0.6 is 0 Å². The average molecular weight is 360 g/mol. The number of allylic oxidation sites excluding steroid dienone is 2. The smallest absolute Gasteiger partial charge is 0.307 e. The molecule has 0 saturated heterocycles. The molecule has 7 heteroatoms. The number of carbonyl (C=O) groups is 3. The summed E-state index contributed by atoms with van der Waals surface area (Å²) in [6.45, 7) is 5.43. The molecule has 7 nitrogen and oxygen atoms in total. The lowest BCUT2D eigenvalue weighted by molar-refractivity contribution is -0.147. The van der Waals surface area contributed by atoms with Gasteiger partial charge in [-0.15, -0.1) is 0 Å². The van der Waals surface area contributed by atoms with Gasteiger partial charge in [0.25, 0.3) is 5.91 Å². The van der Waals surface area contributed by atoms with Crippen LogP contribution in [0.1, 0.15) is 30.9 Å². The zero-order valence-corrected chi connectivity index (χ0v) is 15.1. The Morgan fingerprint density at radius 3 is 2.42 bits per heavy atom. The number of rotatable bonds is 5. The van der Waals surface area contributed by atoms with E-state index >= 15 is 0 Å². The third-order valence-electron chi connectivity index (χ3n) is 4.62. The largest absolute Gasteiger partial charge is 0.481 e. The molecule has 2 amide bonds. The van der Waals surface area contributed by atoms with E-state index in [4.69, 9.17) is 4.74 Å². The van der Waals surface area contributed by atoms with Gasteiger partial charge < -0.3 is 9.84 Å². The predicted octanol–water partition coefficient (Wildman–Crippen LogP) is 1.89. The van der Waals surface area contributed by atoms with Crippen molar-refractivity contribution in [3.8, 4) is 5.75 Å². The lowest BCUT2D eigenvalue weighted by atomic mass is 9.82. The molecule has 1 aliphatic rings. The van der Waals surface area contributed by atoms with Crippen LogP contribution in [0.2, 0.25) is 0 Å². The Kier molecular flexibility index (Phi) is 6.38. The molecule has 0 spiro atoms. The van der Waals surface area contributed by atoms with Crippen molar-refractivity contribution < 1.29 is 24.2 Å². The van der Waals surface area contributed by atoms with Crippen molar-refractivity contribution in [2.45, 2.75) is 39.7 Å². The Hall–Kier alpha value is -2.83. The Morgan fingerprint density at radius 1 is 1.12 bits per heavy atom. The van der Waals surface area contributed by atoms with E-state index in [2.05, 4.69) is 10.9 Å². The van der Waals surface area contributed by atoms with Crippen molar-refractivity contribution in [2.24, 2.45) is 11.8 Å². The minimum absolute atomic E-state index is 0.299. The highest BCUT2D eigenvalue weighted by atomic mass is 16.5. The number of carbonyl (C=O) groups excluding carboxylic acids is 2. The summed E-state index contributed by atoms with van der Waals surface area (Å²) in [7, 11) is 0. The second-order valence-corrected chi connectivity index (χ2v) is 6.43. The van der Waals surface area contributed by atoms with E-state index < -0.39 is 35.7 Å². The minimum Gasteiger partial charge on any atom is -0.481 e. The SMILES string of the molecule is Cc1cccc(O[C@H](C)C(=O)NNC(=O)[C@H]2CC=CC[C@H]2C(=O)O)c1C. The van der Waals surface area contributed by atoms with Crippen LogP contribution in [0.3, 0.4) is 0 Å². The van der Waals surface area contributed by atoms with Crippen LogP contribution in [-0.4, -0.2) is 29.0 Å². The van der Waals surface area contributed by atoms with Gasteiger partial charge in [0, 0.05) is 0 Å². The molecule has 0 unspecified atom stereocenters. The number of aliphatic carboxylic acids is 1. The number of hydrazine groups is 1. The van der Waals surface area contributed by atoms with E-state index in [9.17, 15) is 19.5 Å². The number of benzene rings is 1. The van der Waals surface area contributed by atoms with Crippen molar-refractivity contribution >= 4 is 17.8 Å². The highest BCUT2D eigenvalue weighted by Gasteiger charge is 2.34. The summed E-state index contributed by atoms with van der Waals surface area (Å²) < 4.78 is 5.66. The lowest BCUT2D eigenvalue weighted by Crippen LogP contribution is -2.50. The van der Waals surface area contributed by atoms with Crippen molar-refractivity contribution in [1.29, 1.82) is 0 Å². The maximum absolute atomic E-state index is 12.2. The van der Waals surface area contributed by atoms with Gasteiger partial charge in [-0.05, 0) is 50.8 Å². The van der Waals surface area contributed by atoms with E-state index in [1.54, 1.807) is 25.1 Å². The Bertz CT molecular complexity index is 729. The standard InChI is InChI=1S/C19H24N2O5/c1-11-7-6-10-16(12(11)2)26-13(3)17(22)20-21-18(23)14-8-4-5-9-15(14)19(24)25/h4-7,10,13-15H,8-9H2,1-3H3,(H,20,22)(H,21,23)(H,24,25)/t13-,14+,15-/m1/s1. The summed E-state index contributed by atoms with van der Waals surface area (Å²) in [5.74, 6) is -2.96. The van der Waals surface area contributed by atoms with Gasteiger partial charge in [-0.1, -0.05) is 24.3 Å². The number of amides is 2. The molecule has 0 aliphatic heterocycles. The maximum Gasteiger partial charge on any atom is 0.307 e. The van der Waals surface area contributed by atoms with Crippen molar-refractivity contribution in [3.05, 3.63) is 41.5 Å². The Balaban J connectivity index is 1.91. The summed E-state index contributed by atoms with van der Waals surface area (Å²) in [5.41, 5.74) is 6.62. The summed E-state index contributed by atoms with van der Waals surface area (Å²) in [5, 5.41) is 9.21. The predicted molar refractivity (Wildman–Crippen MR) is 95.3 cm³/mol. The monoisotopic (exact) mass is 360 g/mol. The van der Waals surface area contributed by atoms with E-state index in [0.29, 0.717) is 18.6 Å². The highest BCUT2D eigenvalue weighted by molar-refractivity contribution is 5.88. The first-order valence-electron chi connectivity index (χ1n) is 8.51. The first-order valence-corrected chi connectivity index (χ1v) is 8.51. The van der Waals surface area contributed by atoms with Gasteiger partial charge in [0.05, 0.1) is 11.8 Å². The number of hydrogen-bond acceptors (Lipinski definition) is 4. The van der Waals surface area contributed by atoms with Gasteiger partial charge in [0.15, 0.2) is 6.10 Å². The third-order valence-corrected chi connectivity index (χ3v) is 4.62. The molecule has 0 fully saturated rings. The van der Waals surface area contributed by atoms with Crippen LogP contribution in [-0.2, 0) is 14.4 Å². The minimum atomic E-state index is -1.02. The second kappa shape index (κ2) is 8.51. The number of aryl methyl sites for hydroxylation is 1. The van der Waals surface area contributed by atoms with Crippen molar-refractivity contribution in [2.75, 3.05) is 0 Å². The first-order chi connectivity index (χ1) is 12.3. The maximum atomic E-state index is 12.2. The van der Waals surface area contributed by atoms with Gasteiger partial charge >= 0.3 is 5.97 Å². The van der Waals surface area contributed by atoms with Crippen molar-refractivity contribution in [3.63, 3.8) is 0 Å². The number of carboxylic acids is 1. The number of ether oxygens (including phenoxy) is 1. The lowest BCUT2D eigenvalue weighted by Gasteiger charge is -2.24. The van der Waals surface area contributed by atoms with E-state index in [-0.39, 0.29) is 0 Å². The summed E-state index contributed by atoms with van der Waals surface area (Å²) in [6.07, 6.45) is 3.33. The molecule has 0 saturated carbocycles. The molecular weight excluding hydrogens is 336 g/mol. The molecule has 0 bridgehead atoms. The van der Waals surface area contributed by atoms with Crippen LogP contribution in [0.5, 0.6) is 5.75 Å². The van der Waals surface area contributed by atoms with Gasteiger partial charge in [-0.25, -0.2) is 0 Å². The topological polar surface area (TPSA) is 105 Å². The van der Waals surface area contributed by atoms with E-state index in [1.807, 2.05) is 26.0 Å². The number of nitrogens with one attached hydrogen (secondary N) is 2. The summed E-state index contributed by atoms with van der Waals surface area (Å²) in [6, 6.07) is 5.56. The Morgan fingerprint density at radius 2 is 1.77 bits per heavy atom. The average Bonchev–Trinajstić information content (AvgIpc) is 2.63. The molecule has 2 rings (SSSR count).